The van der Waals surface area contributed by atoms with Crippen molar-refractivity contribution in [2.45, 2.75) is 39.3 Å². The average Bonchev–Trinajstić information content (AvgIpc) is 2.35. The molecule has 1 aromatic rings. The number of hydrogen-bond donors (Lipinski definition) is 2. The molecule has 0 spiro atoms. The summed E-state index contributed by atoms with van der Waals surface area (Å²) in [6, 6.07) is 4.88. The number of carbonyl (C=O) groups is 1. The zero-order chi connectivity index (χ0) is 14.3. The third kappa shape index (κ3) is 6.68. The standard InChI is InChI=1S/C14H20BrFN2O/c1-10(2)17-7-3-4-14(19)18-9-11-8-12(16)5-6-13(11)15/h5-6,8,10,17H,3-4,7,9H2,1-2H3,(H,18,19). The van der Waals surface area contributed by atoms with Gasteiger partial charge in [0.15, 0.2) is 0 Å². The van der Waals surface area contributed by atoms with E-state index in [9.17, 15) is 9.18 Å². The van der Waals surface area contributed by atoms with E-state index in [-0.39, 0.29) is 11.7 Å². The Balaban J connectivity index is 2.28. The van der Waals surface area contributed by atoms with E-state index in [1.807, 2.05) is 0 Å². The minimum Gasteiger partial charge on any atom is -0.352 e. The summed E-state index contributed by atoms with van der Waals surface area (Å²) in [4.78, 5) is 11.6. The second-order valence-electron chi connectivity index (χ2n) is 4.72. The fraction of sp³-hybridized carbons (Fsp3) is 0.500. The Morgan fingerprint density at radius 1 is 1.42 bits per heavy atom. The smallest absolute Gasteiger partial charge is 0.220 e. The molecule has 1 aromatic carbocycles. The Morgan fingerprint density at radius 3 is 2.84 bits per heavy atom. The fourth-order valence-electron chi connectivity index (χ4n) is 1.60. The van der Waals surface area contributed by atoms with E-state index in [4.69, 9.17) is 0 Å². The number of hydrogen-bond acceptors (Lipinski definition) is 2. The molecule has 106 valence electrons. The summed E-state index contributed by atoms with van der Waals surface area (Å²) in [5, 5.41) is 6.05. The first kappa shape index (κ1) is 16.1. The minimum atomic E-state index is -0.298. The first-order valence-corrected chi connectivity index (χ1v) is 7.22. The van der Waals surface area contributed by atoms with Crippen molar-refractivity contribution in [2.75, 3.05) is 6.54 Å². The molecular weight excluding hydrogens is 311 g/mol. The monoisotopic (exact) mass is 330 g/mol. The number of halogens is 2. The minimum absolute atomic E-state index is 0.0123. The molecule has 0 aliphatic heterocycles. The molecular formula is C14H20BrFN2O. The number of carbonyl (C=O) groups excluding carboxylic acids is 1. The highest BCUT2D eigenvalue weighted by atomic mass is 79.9. The molecule has 0 saturated carbocycles. The van der Waals surface area contributed by atoms with Crippen LogP contribution in [0.1, 0.15) is 32.3 Å². The molecule has 2 N–H and O–H groups in total. The lowest BCUT2D eigenvalue weighted by molar-refractivity contribution is -0.121. The molecule has 5 heteroatoms. The largest absolute Gasteiger partial charge is 0.352 e. The highest BCUT2D eigenvalue weighted by Crippen LogP contribution is 2.17. The predicted octanol–water partition coefficient (Wildman–Crippen LogP) is 2.98. The van der Waals surface area contributed by atoms with Gasteiger partial charge in [-0.05, 0) is 36.7 Å². The van der Waals surface area contributed by atoms with Crippen LogP contribution in [0.5, 0.6) is 0 Å². The molecule has 0 unspecified atom stereocenters. The van der Waals surface area contributed by atoms with E-state index < -0.39 is 0 Å². The second kappa shape index (κ2) is 8.27. The number of benzene rings is 1. The van der Waals surface area contributed by atoms with Crippen LogP contribution in [0, 0.1) is 5.82 Å². The Labute approximate surface area is 122 Å². The van der Waals surface area contributed by atoms with E-state index in [1.165, 1.54) is 12.1 Å². The first-order chi connectivity index (χ1) is 8.99. The van der Waals surface area contributed by atoms with Gasteiger partial charge in [-0.25, -0.2) is 4.39 Å². The maximum atomic E-state index is 13.1. The van der Waals surface area contributed by atoms with Gasteiger partial charge in [0, 0.05) is 23.5 Å². The van der Waals surface area contributed by atoms with Gasteiger partial charge in [-0.2, -0.15) is 0 Å². The van der Waals surface area contributed by atoms with Gasteiger partial charge < -0.3 is 10.6 Å². The van der Waals surface area contributed by atoms with Crippen LogP contribution in [0.25, 0.3) is 0 Å². The van der Waals surface area contributed by atoms with Crippen LogP contribution < -0.4 is 10.6 Å². The maximum Gasteiger partial charge on any atom is 0.220 e. The van der Waals surface area contributed by atoms with Gasteiger partial charge in [-0.15, -0.1) is 0 Å². The summed E-state index contributed by atoms with van der Waals surface area (Å²) in [5.74, 6) is -0.310. The molecule has 0 heterocycles. The van der Waals surface area contributed by atoms with Gasteiger partial charge in [0.25, 0.3) is 0 Å². The summed E-state index contributed by atoms with van der Waals surface area (Å²) in [7, 11) is 0. The quantitative estimate of drug-likeness (QED) is 0.754. The van der Waals surface area contributed by atoms with Crippen LogP contribution in [0.15, 0.2) is 22.7 Å². The molecule has 0 saturated heterocycles. The normalized spacial score (nSPS) is 10.8. The van der Waals surface area contributed by atoms with Crippen LogP contribution in [-0.2, 0) is 11.3 Å². The van der Waals surface area contributed by atoms with Crippen LogP contribution in [0.2, 0.25) is 0 Å². The van der Waals surface area contributed by atoms with Gasteiger partial charge in [0.05, 0.1) is 0 Å². The summed E-state index contributed by atoms with van der Waals surface area (Å²) in [5.41, 5.74) is 0.744. The SMILES string of the molecule is CC(C)NCCCC(=O)NCc1cc(F)ccc1Br. The fourth-order valence-corrected chi connectivity index (χ4v) is 1.99. The van der Waals surface area contributed by atoms with Crippen molar-refractivity contribution in [3.8, 4) is 0 Å². The molecule has 1 rings (SSSR count). The number of nitrogens with one attached hydrogen (secondary N) is 2. The highest BCUT2D eigenvalue weighted by molar-refractivity contribution is 9.10. The molecule has 0 atom stereocenters. The Morgan fingerprint density at radius 2 is 2.16 bits per heavy atom. The Kier molecular flexibility index (Phi) is 7.02. The number of amides is 1. The molecule has 0 aliphatic carbocycles. The molecule has 19 heavy (non-hydrogen) atoms. The summed E-state index contributed by atoms with van der Waals surface area (Å²) >= 11 is 3.33. The number of rotatable bonds is 7. The lowest BCUT2D eigenvalue weighted by atomic mass is 10.2. The van der Waals surface area contributed by atoms with Crippen molar-refractivity contribution in [2.24, 2.45) is 0 Å². The summed E-state index contributed by atoms with van der Waals surface area (Å²) in [6.07, 6.45) is 1.28. The highest BCUT2D eigenvalue weighted by Gasteiger charge is 2.05. The van der Waals surface area contributed by atoms with Crippen molar-refractivity contribution in [3.05, 3.63) is 34.1 Å². The van der Waals surface area contributed by atoms with Gasteiger partial charge in [-0.1, -0.05) is 29.8 Å². The zero-order valence-electron chi connectivity index (χ0n) is 11.3. The van der Waals surface area contributed by atoms with Crippen molar-refractivity contribution in [1.29, 1.82) is 0 Å². The van der Waals surface area contributed by atoms with Gasteiger partial charge in [0.2, 0.25) is 5.91 Å². The van der Waals surface area contributed by atoms with Crippen LogP contribution in [0.4, 0.5) is 4.39 Å². The van der Waals surface area contributed by atoms with E-state index >= 15 is 0 Å². The third-order valence-electron chi connectivity index (χ3n) is 2.62. The van der Waals surface area contributed by atoms with Gasteiger partial charge >= 0.3 is 0 Å². The van der Waals surface area contributed by atoms with E-state index in [0.717, 1.165) is 23.0 Å². The third-order valence-corrected chi connectivity index (χ3v) is 3.39. The molecule has 0 fully saturated rings. The second-order valence-corrected chi connectivity index (χ2v) is 5.58. The van der Waals surface area contributed by atoms with Crippen molar-refractivity contribution in [3.63, 3.8) is 0 Å². The van der Waals surface area contributed by atoms with Crippen LogP contribution in [0.3, 0.4) is 0 Å². The van der Waals surface area contributed by atoms with E-state index in [0.29, 0.717) is 19.0 Å². The summed E-state index contributed by atoms with van der Waals surface area (Å²) in [6.45, 7) is 5.31. The van der Waals surface area contributed by atoms with Crippen molar-refractivity contribution < 1.29 is 9.18 Å². The zero-order valence-corrected chi connectivity index (χ0v) is 12.9. The van der Waals surface area contributed by atoms with E-state index in [1.54, 1.807) is 6.07 Å². The topological polar surface area (TPSA) is 41.1 Å². The summed E-state index contributed by atoms with van der Waals surface area (Å²) < 4.78 is 13.9. The predicted molar refractivity (Wildman–Crippen MR) is 78.3 cm³/mol. The lowest BCUT2D eigenvalue weighted by Gasteiger charge is -2.09. The van der Waals surface area contributed by atoms with E-state index in [2.05, 4.69) is 40.4 Å². The Bertz CT molecular complexity index is 424. The van der Waals surface area contributed by atoms with Crippen LogP contribution >= 0.6 is 15.9 Å². The average molecular weight is 331 g/mol. The molecule has 0 bridgehead atoms. The maximum absolute atomic E-state index is 13.1. The van der Waals surface area contributed by atoms with Crippen molar-refractivity contribution >= 4 is 21.8 Å². The molecule has 3 nitrogen and oxygen atoms in total. The van der Waals surface area contributed by atoms with Crippen molar-refractivity contribution in [1.82, 2.24) is 10.6 Å². The molecule has 1 amide bonds. The molecule has 0 aliphatic rings. The van der Waals surface area contributed by atoms with Gasteiger partial charge in [0.1, 0.15) is 5.82 Å². The van der Waals surface area contributed by atoms with Crippen LogP contribution in [-0.4, -0.2) is 18.5 Å². The lowest BCUT2D eigenvalue weighted by Crippen LogP contribution is -2.27. The van der Waals surface area contributed by atoms with Gasteiger partial charge in [-0.3, -0.25) is 4.79 Å². The molecule has 0 radical (unpaired) electrons. The first-order valence-electron chi connectivity index (χ1n) is 6.43. The Hall–Kier alpha value is -0.940. The molecule has 0 aromatic heterocycles.